The summed E-state index contributed by atoms with van der Waals surface area (Å²) in [5.41, 5.74) is 5.49. The molecule has 0 saturated carbocycles. The van der Waals surface area contributed by atoms with Crippen molar-refractivity contribution in [2.45, 2.75) is 19.3 Å². The second kappa shape index (κ2) is 4.04. The first-order valence-corrected chi connectivity index (χ1v) is 5.18. The molecular formula is C11H14F2N2. The second-order valence-corrected chi connectivity index (χ2v) is 3.85. The van der Waals surface area contributed by atoms with Crippen LogP contribution < -0.4 is 10.6 Å². The second-order valence-electron chi connectivity index (χ2n) is 3.85. The van der Waals surface area contributed by atoms with E-state index in [2.05, 4.69) is 0 Å². The molecule has 1 aliphatic rings. The number of nitrogens with two attached hydrogens (primary N) is 1. The summed E-state index contributed by atoms with van der Waals surface area (Å²) in [5, 5.41) is 0. The molecule has 1 fully saturated rings. The molecule has 1 aromatic carbocycles. The Morgan fingerprint density at radius 1 is 1.00 bits per heavy atom. The SMILES string of the molecule is Nc1ccc(N2CCCCC2)c(F)c1F. The summed E-state index contributed by atoms with van der Waals surface area (Å²) in [6, 6.07) is 2.97. The van der Waals surface area contributed by atoms with Crippen LogP contribution >= 0.6 is 0 Å². The lowest BCUT2D eigenvalue weighted by Crippen LogP contribution is -2.30. The van der Waals surface area contributed by atoms with Gasteiger partial charge in [0.15, 0.2) is 11.6 Å². The molecule has 2 nitrogen and oxygen atoms in total. The Bertz CT molecular complexity index is 360. The largest absolute Gasteiger partial charge is 0.396 e. The van der Waals surface area contributed by atoms with Crippen LogP contribution in [0.25, 0.3) is 0 Å². The number of piperidine rings is 1. The van der Waals surface area contributed by atoms with Gasteiger partial charge in [0.25, 0.3) is 0 Å². The predicted octanol–water partition coefficient (Wildman–Crippen LogP) is 2.54. The minimum absolute atomic E-state index is 0.131. The van der Waals surface area contributed by atoms with Crippen molar-refractivity contribution in [3.63, 3.8) is 0 Å². The monoisotopic (exact) mass is 212 g/mol. The first-order valence-electron chi connectivity index (χ1n) is 5.18. The van der Waals surface area contributed by atoms with Crippen LogP contribution in [0.3, 0.4) is 0 Å². The van der Waals surface area contributed by atoms with Crippen molar-refractivity contribution < 1.29 is 8.78 Å². The van der Waals surface area contributed by atoms with E-state index in [0.29, 0.717) is 5.69 Å². The summed E-state index contributed by atoms with van der Waals surface area (Å²) in [7, 11) is 0. The fourth-order valence-electron chi connectivity index (χ4n) is 1.93. The summed E-state index contributed by atoms with van der Waals surface area (Å²) < 4.78 is 26.8. The number of halogens is 2. The maximum Gasteiger partial charge on any atom is 0.184 e. The van der Waals surface area contributed by atoms with Gasteiger partial charge >= 0.3 is 0 Å². The van der Waals surface area contributed by atoms with Crippen LogP contribution in [0.2, 0.25) is 0 Å². The highest BCUT2D eigenvalue weighted by Crippen LogP contribution is 2.27. The Hall–Kier alpha value is -1.32. The molecule has 0 radical (unpaired) electrons. The Kier molecular flexibility index (Phi) is 2.75. The summed E-state index contributed by atoms with van der Waals surface area (Å²) in [6.45, 7) is 1.58. The number of hydrogen-bond donors (Lipinski definition) is 1. The quantitative estimate of drug-likeness (QED) is 0.725. The molecule has 0 unspecified atom stereocenters. The van der Waals surface area contributed by atoms with Crippen molar-refractivity contribution in [2.75, 3.05) is 23.7 Å². The zero-order valence-electron chi connectivity index (χ0n) is 8.47. The average molecular weight is 212 g/mol. The zero-order chi connectivity index (χ0) is 10.8. The van der Waals surface area contributed by atoms with Crippen LogP contribution in [0.5, 0.6) is 0 Å². The summed E-state index contributed by atoms with van der Waals surface area (Å²) >= 11 is 0. The van der Waals surface area contributed by atoms with E-state index in [1.54, 1.807) is 6.07 Å². The molecule has 1 saturated heterocycles. The Balaban J connectivity index is 2.31. The number of nitrogen functional groups attached to an aromatic ring is 1. The molecule has 0 bridgehead atoms. The van der Waals surface area contributed by atoms with E-state index in [1.165, 1.54) is 6.07 Å². The van der Waals surface area contributed by atoms with Gasteiger partial charge in [0, 0.05) is 13.1 Å². The first-order chi connectivity index (χ1) is 7.20. The fraction of sp³-hybridized carbons (Fsp3) is 0.455. The molecule has 82 valence electrons. The van der Waals surface area contributed by atoms with Crippen molar-refractivity contribution in [1.29, 1.82) is 0 Å². The van der Waals surface area contributed by atoms with Crippen LogP contribution in [-0.2, 0) is 0 Å². The maximum atomic E-state index is 13.6. The van der Waals surface area contributed by atoms with Crippen molar-refractivity contribution >= 4 is 11.4 Å². The molecule has 2 N–H and O–H groups in total. The highest BCUT2D eigenvalue weighted by molar-refractivity contribution is 5.55. The maximum absolute atomic E-state index is 13.6. The number of benzene rings is 1. The van der Waals surface area contributed by atoms with Crippen LogP contribution in [0, 0.1) is 11.6 Å². The normalized spacial score (nSPS) is 16.8. The highest BCUT2D eigenvalue weighted by atomic mass is 19.2. The molecule has 0 atom stereocenters. The molecule has 2 rings (SSSR count). The third-order valence-corrected chi connectivity index (χ3v) is 2.79. The van der Waals surface area contributed by atoms with Gasteiger partial charge < -0.3 is 10.6 Å². The Labute approximate surface area is 87.7 Å². The number of hydrogen-bond acceptors (Lipinski definition) is 2. The minimum atomic E-state index is -0.932. The molecular weight excluding hydrogens is 198 g/mol. The molecule has 1 aliphatic heterocycles. The van der Waals surface area contributed by atoms with Crippen LogP contribution in [0.1, 0.15) is 19.3 Å². The van der Waals surface area contributed by atoms with Crippen molar-refractivity contribution in [2.24, 2.45) is 0 Å². The summed E-state index contributed by atoms with van der Waals surface area (Å²) in [6.07, 6.45) is 3.23. The van der Waals surface area contributed by atoms with Gasteiger partial charge in [-0.3, -0.25) is 0 Å². The fourth-order valence-corrected chi connectivity index (χ4v) is 1.93. The van der Waals surface area contributed by atoms with Gasteiger partial charge in [-0.2, -0.15) is 0 Å². The van der Waals surface area contributed by atoms with E-state index >= 15 is 0 Å². The van der Waals surface area contributed by atoms with Gasteiger partial charge in [0.1, 0.15) is 0 Å². The van der Waals surface area contributed by atoms with Crippen molar-refractivity contribution in [3.05, 3.63) is 23.8 Å². The van der Waals surface area contributed by atoms with E-state index in [-0.39, 0.29) is 5.69 Å². The molecule has 1 heterocycles. The summed E-state index contributed by atoms with van der Waals surface area (Å²) in [5.74, 6) is -1.75. The third kappa shape index (κ3) is 1.89. The van der Waals surface area contributed by atoms with E-state index in [4.69, 9.17) is 5.73 Å². The molecule has 0 aromatic heterocycles. The minimum Gasteiger partial charge on any atom is -0.396 e. The Morgan fingerprint density at radius 2 is 1.67 bits per heavy atom. The standard InChI is InChI=1S/C11H14F2N2/c12-10-8(14)4-5-9(11(10)13)15-6-2-1-3-7-15/h4-5H,1-3,6-7,14H2. The van der Waals surface area contributed by atoms with Crippen molar-refractivity contribution in [3.8, 4) is 0 Å². The molecule has 4 heteroatoms. The topological polar surface area (TPSA) is 29.3 Å². The lowest BCUT2D eigenvalue weighted by Gasteiger charge is -2.29. The van der Waals surface area contributed by atoms with Crippen LogP contribution in [-0.4, -0.2) is 13.1 Å². The molecule has 0 amide bonds. The number of rotatable bonds is 1. The van der Waals surface area contributed by atoms with Gasteiger partial charge in [-0.15, -0.1) is 0 Å². The first kappa shape index (κ1) is 10.2. The van der Waals surface area contributed by atoms with E-state index in [1.807, 2.05) is 4.90 Å². The average Bonchev–Trinajstić information content (AvgIpc) is 2.27. The van der Waals surface area contributed by atoms with Gasteiger partial charge in [-0.1, -0.05) is 0 Å². The number of nitrogens with zero attached hydrogens (tertiary/aromatic N) is 1. The predicted molar refractivity (Wildman–Crippen MR) is 56.8 cm³/mol. The molecule has 0 spiro atoms. The molecule has 1 aromatic rings. The third-order valence-electron chi connectivity index (χ3n) is 2.79. The Morgan fingerprint density at radius 3 is 2.33 bits per heavy atom. The van der Waals surface area contributed by atoms with Crippen LogP contribution in [0.15, 0.2) is 12.1 Å². The van der Waals surface area contributed by atoms with Gasteiger partial charge in [0.05, 0.1) is 11.4 Å². The van der Waals surface area contributed by atoms with Gasteiger partial charge in [-0.25, -0.2) is 8.78 Å². The lowest BCUT2D eigenvalue weighted by atomic mass is 10.1. The molecule has 15 heavy (non-hydrogen) atoms. The smallest absolute Gasteiger partial charge is 0.184 e. The highest BCUT2D eigenvalue weighted by Gasteiger charge is 2.18. The summed E-state index contributed by atoms with van der Waals surface area (Å²) in [4.78, 5) is 1.88. The van der Waals surface area contributed by atoms with E-state index < -0.39 is 11.6 Å². The van der Waals surface area contributed by atoms with Gasteiger partial charge in [0.2, 0.25) is 0 Å². The van der Waals surface area contributed by atoms with E-state index in [9.17, 15) is 8.78 Å². The van der Waals surface area contributed by atoms with Gasteiger partial charge in [-0.05, 0) is 31.4 Å². The van der Waals surface area contributed by atoms with Crippen molar-refractivity contribution in [1.82, 2.24) is 0 Å². The number of anilines is 2. The van der Waals surface area contributed by atoms with Crippen LogP contribution in [0.4, 0.5) is 20.2 Å². The molecule has 0 aliphatic carbocycles. The lowest BCUT2D eigenvalue weighted by molar-refractivity contribution is 0.500. The van der Waals surface area contributed by atoms with E-state index in [0.717, 1.165) is 32.4 Å². The zero-order valence-corrected chi connectivity index (χ0v) is 8.47.